The Hall–Kier alpha value is -0.0800. The van der Waals surface area contributed by atoms with Gasteiger partial charge in [-0.25, -0.2) is 0 Å². The van der Waals surface area contributed by atoms with Crippen LogP contribution in [-0.4, -0.2) is 37.1 Å². The van der Waals surface area contributed by atoms with Crippen LogP contribution in [0.1, 0.15) is 41.5 Å². The normalized spacial score (nSPS) is 15.2. The van der Waals surface area contributed by atoms with Gasteiger partial charge in [0.2, 0.25) is 0 Å². The van der Waals surface area contributed by atoms with Gasteiger partial charge in [-0.2, -0.15) is 0 Å². The Bertz CT molecular complexity index is 147. The van der Waals surface area contributed by atoms with Crippen LogP contribution in [0.3, 0.4) is 0 Å². The van der Waals surface area contributed by atoms with Crippen molar-refractivity contribution in [3.63, 3.8) is 0 Å². The van der Waals surface area contributed by atoms with Gasteiger partial charge in [0, 0.05) is 25.2 Å². The zero-order valence-corrected chi connectivity index (χ0v) is 11.0. The Morgan fingerprint density at radius 1 is 1.14 bits per heavy atom. The average molecular weight is 200 g/mol. The van der Waals surface area contributed by atoms with Gasteiger partial charge in [0.15, 0.2) is 0 Å². The summed E-state index contributed by atoms with van der Waals surface area (Å²) in [6.45, 7) is 15.7. The summed E-state index contributed by atoms with van der Waals surface area (Å²) in [7, 11) is 2.17. The van der Waals surface area contributed by atoms with Crippen molar-refractivity contribution in [2.75, 3.05) is 20.1 Å². The lowest BCUT2D eigenvalue weighted by Crippen LogP contribution is -2.42. The maximum atomic E-state index is 3.57. The third kappa shape index (κ3) is 5.61. The van der Waals surface area contributed by atoms with Crippen molar-refractivity contribution in [3.05, 3.63) is 0 Å². The van der Waals surface area contributed by atoms with Gasteiger partial charge >= 0.3 is 0 Å². The fourth-order valence-corrected chi connectivity index (χ4v) is 1.02. The van der Waals surface area contributed by atoms with Gasteiger partial charge in [0.25, 0.3) is 0 Å². The quantitative estimate of drug-likeness (QED) is 0.733. The summed E-state index contributed by atoms with van der Waals surface area (Å²) in [6, 6.07) is 1.21. The Morgan fingerprint density at radius 2 is 1.64 bits per heavy atom. The minimum atomic E-state index is 0.358. The Kier molecular flexibility index (Phi) is 5.68. The second kappa shape index (κ2) is 5.72. The molecule has 0 radical (unpaired) electrons. The molecule has 0 heterocycles. The van der Waals surface area contributed by atoms with E-state index in [0.717, 1.165) is 13.1 Å². The summed E-state index contributed by atoms with van der Waals surface area (Å²) in [5.41, 5.74) is 0.358. The van der Waals surface area contributed by atoms with Gasteiger partial charge in [0.05, 0.1) is 0 Å². The number of nitrogens with zero attached hydrogens (tertiary/aromatic N) is 1. The molecule has 0 spiro atoms. The van der Waals surface area contributed by atoms with E-state index in [0.29, 0.717) is 17.5 Å². The lowest BCUT2D eigenvalue weighted by Gasteiger charge is -2.29. The first kappa shape index (κ1) is 13.9. The molecule has 0 aromatic carbocycles. The van der Waals surface area contributed by atoms with Crippen LogP contribution in [0.25, 0.3) is 0 Å². The topological polar surface area (TPSA) is 15.3 Å². The van der Waals surface area contributed by atoms with Crippen LogP contribution >= 0.6 is 0 Å². The van der Waals surface area contributed by atoms with Crippen LogP contribution in [0.5, 0.6) is 0 Å². The largest absolute Gasteiger partial charge is 0.312 e. The van der Waals surface area contributed by atoms with E-state index < -0.39 is 0 Å². The number of rotatable bonds is 5. The first-order valence-corrected chi connectivity index (χ1v) is 5.68. The maximum Gasteiger partial charge on any atom is 0.0107 e. The van der Waals surface area contributed by atoms with E-state index in [-0.39, 0.29) is 0 Å². The highest BCUT2D eigenvalue weighted by molar-refractivity contribution is 4.76. The smallest absolute Gasteiger partial charge is 0.0107 e. The van der Waals surface area contributed by atoms with Gasteiger partial charge < -0.3 is 10.2 Å². The molecule has 2 nitrogen and oxygen atoms in total. The predicted molar refractivity (Wildman–Crippen MR) is 64.7 cm³/mol. The van der Waals surface area contributed by atoms with Crippen LogP contribution in [0.4, 0.5) is 0 Å². The summed E-state index contributed by atoms with van der Waals surface area (Å²) in [5.74, 6) is 0. The van der Waals surface area contributed by atoms with Crippen molar-refractivity contribution in [1.82, 2.24) is 10.2 Å². The second-order valence-corrected chi connectivity index (χ2v) is 5.62. The fraction of sp³-hybridized carbons (Fsp3) is 1.00. The zero-order valence-electron chi connectivity index (χ0n) is 11.0. The van der Waals surface area contributed by atoms with Crippen LogP contribution in [0, 0.1) is 5.41 Å². The van der Waals surface area contributed by atoms with Crippen LogP contribution in [-0.2, 0) is 0 Å². The molecule has 14 heavy (non-hydrogen) atoms. The molecule has 0 amide bonds. The van der Waals surface area contributed by atoms with E-state index >= 15 is 0 Å². The van der Waals surface area contributed by atoms with Crippen molar-refractivity contribution in [2.45, 2.75) is 53.6 Å². The number of likely N-dealkylation sites (N-methyl/N-ethyl adjacent to an activating group) is 1. The number of hydrogen-bond donors (Lipinski definition) is 1. The summed E-state index contributed by atoms with van der Waals surface area (Å²) in [4.78, 5) is 2.36. The molecule has 0 aliphatic heterocycles. The Morgan fingerprint density at radius 3 is 2.00 bits per heavy atom. The third-order valence-electron chi connectivity index (χ3n) is 3.10. The molecule has 0 rings (SSSR count). The van der Waals surface area contributed by atoms with E-state index in [2.05, 4.69) is 58.8 Å². The lowest BCUT2D eigenvalue weighted by molar-refractivity contribution is 0.242. The van der Waals surface area contributed by atoms with Crippen LogP contribution in [0.15, 0.2) is 0 Å². The van der Waals surface area contributed by atoms with Gasteiger partial charge in [-0.05, 0) is 33.2 Å². The molecular formula is C12H28N2. The molecule has 0 aromatic rings. The SMILES string of the molecule is CC(C)N(C)CCNC(C)C(C)(C)C. The monoisotopic (exact) mass is 200 g/mol. The molecule has 2 heteroatoms. The molecule has 1 N–H and O–H groups in total. The molecule has 0 aliphatic rings. The van der Waals surface area contributed by atoms with Crippen molar-refractivity contribution in [3.8, 4) is 0 Å². The highest BCUT2D eigenvalue weighted by Gasteiger charge is 2.18. The fourth-order valence-electron chi connectivity index (χ4n) is 1.02. The Labute approximate surface area is 90.1 Å². The van der Waals surface area contributed by atoms with Crippen molar-refractivity contribution < 1.29 is 0 Å². The van der Waals surface area contributed by atoms with Crippen LogP contribution < -0.4 is 5.32 Å². The van der Waals surface area contributed by atoms with Crippen molar-refractivity contribution >= 4 is 0 Å². The molecule has 0 bridgehead atoms. The van der Waals surface area contributed by atoms with Gasteiger partial charge in [0.1, 0.15) is 0 Å². The summed E-state index contributed by atoms with van der Waals surface area (Å²) >= 11 is 0. The number of hydrogen-bond acceptors (Lipinski definition) is 2. The van der Waals surface area contributed by atoms with Gasteiger partial charge in [-0.15, -0.1) is 0 Å². The summed E-state index contributed by atoms with van der Waals surface area (Å²) in [6.07, 6.45) is 0. The third-order valence-corrected chi connectivity index (χ3v) is 3.10. The second-order valence-electron chi connectivity index (χ2n) is 5.62. The van der Waals surface area contributed by atoms with E-state index in [4.69, 9.17) is 0 Å². The molecular weight excluding hydrogens is 172 g/mol. The van der Waals surface area contributed by atoms with E-state index in [1.54, 1.807) is 0 Å². The highest BCUT2D eigenvalue weighted by Crippen LogP contribution is 2.17. The van der Waals surface area contributed by atoms with Crippen molar-refractivity contribution in [2.24, 2.45) is 5.41 Å². The lowest BCUT2D eigenvalue weighted by atomic mass is 9.88. The minimum absolute atomic E-state index is 0.358. The van der Waals surface area contributed by atoms with E-state index in [1.807, 2.05) is 0 Å². The van der Waals surface area contributed by atoms with Crippen molar-refractivity contribution in [1.29, 1.82) is 0 Å². The molecule has 0 aromatic heterocycles. The maximum absolute atomic E-state index is 3.57. The molecule has 0 saturated carbocycles. The average Bonchev–Trinajstić information content (AvgIpc) is 2.01. The molecule has 0 aliphatic carbocycles. The first-order valence-electron chi connectivity index (χ1n) is 5.68. The van der Waals surface area contributed by atoms with E-state index in [9.17, 15) is 0 Å². The highest BCUT2D eigenvalue weighted by atomic mass is 15.1. The minimum Gasteiger partial charge on any atom is -0.312 e. The Balaban J connectivity index is 3.65. The zero-order chi connectivity index (χ0) is 11.4. The first-order chi connectivity index (χ1) is 6.25. The van der Waals surface area contributed by atoms with Gasteiger partial charge in [-0.3, -0.25) is 0 Å². The molecule has 0 fully saturated rings. The predicted octanol–water partition coefficient (Wildman–Crippen LogP) is 2.35. The van der Waals surface area contributed by atoms with Gasteiger partial charge in [-0.1, -0.05) is 20.8 Å². The molecule has 1 unspecified atom stereocenters. The summed E-state index contributed by atoms with van der Waals surface area (Å²) in [5, 5.41) is 3.57. The van der Waals surface area contributed by atoms with Crippen LogP contribution in [0.2, 0.25) is 0 Å². The molecule has 0 saturated heterocycles. The molecule has 86 valence electrons. The standard InChI is InChI=1S/C12H28N2/c1-10(2)14(7)9-8-13-11(3)12(4,5)6/h10-11,13H,8-9H2,1-7H3. The molecule has 1 atom stereocenters. The number of nitrogens with one attached hydrogen (secondary N) is 1. The van der Waals surface area contributed by atoms with E-state index in [1.165, 1.54) is 0 Å². The summed E-state index contributed by atoms with van der Waals surface area (Å²) < 4.78 is 0.